The highest BCUT2D eigenvalue weighted by molar-refractivity contribution is 6.35. The predicted molar refractivity (Wildman–Crippen MR) is 123 cm³/mol. The molecule has 5 nitrogen and oxygen atoms in total. The summed E-state index contributed by atoms with van der Waals surface area (Å²) in [6, 6.07) is 16.7. The van der Waals surface area contributed by atoms with Crippen molar-refractivity contribution in [2.75, 3.05) is 26.2 Å². The lowest BCUT2D eigenvalue weighted by Crippen LogP contribution is -2.48. The fourth-order valence-corrected chi connectivity index (χ4v) is 4.00. The highest BCUT2D eigenvalue weighted by Crippen LogP contribution is 2.28. The van der Waals surface area contributed by atoms with Crippen LogP contribution in [0.25, 0.3) is 0 Å². The zero-order valence-corrected chi connectivity index (χ0v) is 18.5. The predicted octanol–water partition coefficient (Wildman–Crippen LogP) is 4.93. The highest BCUT2D eigenvalue weighted by atomic mass is 35.5. The molecule has 1 aliphatic heterocycles. The molecule has 1 fully saturated rings. The van der Waals surface area contributed by atoms with Crippen molar-refractivity contribution < 1.29 is 9.53 Å². The molecule has 0 aliphatic carbocycles. The van der Waals surface area contributed by atoms with Crippen molar-refractivity contribution in [3.63, 3.8) is 0 Å². The number of benzene rings is 2. The van der Waals surface area contributed by atoms with Crippen LogP contribution in [0.1, 0.15) is 21.5 Å². The quantitative estimate of drug-likeness (QED) is 0.528. The van der Waals surface area contributed by atoms with Gasteiger partial charge in [0.2, 0.25) is 0 Å². The summed E-state index contributed by atoms with van der Waals surface area (Å²) in [6.45, 7) is 4.38. The minimum atomic E-state index is 0.0641. The number of nitrogens with zero attached hydrogens (tertiary/aromatic N) is 3. The van der Waals surface area contributed by atoms with Crippen LogP contribution in [0.4, 0.5) is 0 Å². The van der Waals surface area contributed by atoms with Crippen LogP contribution in [0.3, 0.4) is 0 Å². The summed E-state index contributed by atoms with van der Waals surface area (Å²) in [5.74, 6) is 0.643. The van der Waals surface area contributed by atoms with Crippen molar-refractivity contribution >= 4 is 29.1 Å². The van der Waals surface area contributed by atoms with Crippen LogP contribution in [0.2, 0.25) is 10.0 Å². The van der Waals surface area contributed by atoms with E-state index >= 15 is 0 Å². The van der Waals surface area contributed by atoms with Gasteiger partial charge in [-0.15, -0.1) is 0 Å². The molecule has 0 saturated carbocycles. The Labute approximate surface area is 192 Å². The summed E-state index contributed by atoms with van der Waals surface area (Å²) in [5.41, 5.74) is 2.85. The van der Waals surface area contributed by atoms with Gasteiger partial charge in [0.25, 0.3) is 5.91 Å². The Bertz CT molecular complexity index is 1020. The first-order chi connectivity index (χ1) is 15.1. The summed E-state index contributed by atoms with van der Waals surface area (Å²) in [4.78, 5) is 21.3. The lowest BCUT2D eigenvalue weighted by atomic mass is 10.1. The minimum absolute atomic E-state index is 0.0641. The fraction of sp³-hybridized carbons (Fsp3) is 0.250. The average Bonchev–Trinajstić information content (AvgIpc) is 2.80. The van der Waals surface area contributed by atoms with Crippen molar-refractivity contribution in [3.05, 3.63) is 93.7 Å². The first-order valence-corrected chi connectivity index (χ1v) is 10.9. The molecule has 0 spiro atoms. The molecule has 2 aromatic carbocycles. The molecule has 1 aliphatic rings. The Morgan fingerprint density at radius 3 is 2.42 bits per heavy atom. The molecule has 0 radical (unpaired) electrons. The van der Waals surface area contributed by atoms with Gasteiger partial charge < -0.3 is 9.64 Å². The summed E-state index contributed by atoms with van der Waals surface area (Å²) >= 11 is 12.0. The van der Waals surface area contributed by atoms with Gasteiger partial charge in [-0.3, -0.25) is 14.7 Å². The van der Waals surface area contributed by atoms with Crippen LogP contribution >= 0.6 is 23.2 Å². The van der Waals surface area contributed by atoms with E-state index in [0.29, 0.717) is 28.0 Å². The van der Waals surface area contributed by atoms with E-state index in [0.717, 1.165) is 38.3 Å². The lowest BCUT2D eigenvalue weighted by molar-refractivity contribution is 0.0628. The molecule has 2 heterocycles. The largest absolute Gasteiger partial charge is 0.487 e. The molecular formula is C24H23Cl2N3O2. The molecule has 0 N–H and O–H groups in total. The second-order valence-electron chi connectivity index (χ2n) is 7.49. The molecule has 0 unspecified atom stereocenters. The van der Waals surface area contributed by atoms with Gasteiger partial charge in [-0.1, -0.05) is 41.4 Å². The number of carbonyl (C=O) groups excluding carboxylic acids is 1. The molecule has 1 aromatic heterocycles. The van der Waals surface area contributed by atoms with Gasteiger partial charge in [0.05, 0.1) is 5.02 Å². The number of pyridine rings is 1. The first kappa shape index (κ1) is 21.6. The third kappa shape index (κ3) is 5.76. The maximum Gasteiger partial charge on any atom is 0.253 e. The van der Waals surface area contributed by atoms with Crippen molar-refractivity contribution in [2.24, 2.45) is 0 Å². The molecule has 7 heteroatoms. The normalized spacial score (nSPS) is 14.5. The van der Waals surface area contributed by atoms with Crippen LogP contribution in [-0.2, 0) is 13.2 Å². The third-order valence-corrected chi connectivity index (χ3v) is 5.81. The van der Waals surface area contributed by atoms with Gasteiger partial charge in [0.15, 0.2) is 0 Å². The molecule has 0 bridgehead atoms. The maximum atomic E-state index is 12.9. The van der Waals surface area contributed by atoms with Crippen LogP contribution in [0, 0.1) is 0 Å². The van der Waals surface area contributed by atoms with Crippen LogP contribution in [-0.4, -0.2) is 46.9 Å². The molecule has 31 heavy (non-hydrogen) atoms. The highest BCUT2D eigenvalue weighted by Gasteiger charge is 2.22. The van der Waals surface area contributed by atoms with E-state index in [2.05, 4.69) is 16.0 Å². The molecule has 4 rings (SSSR count). The van der Waals surface area contributed by atoms with E-state index in [4.69, 9.17) is 27.9 Å². The molecular weight excluding hydrogens is 433 g/mol. The summed E-state index contributed by atoms with van der Waals surface area (Å²) in [7, 11) is 0. The van der Waals surface area contributed by atoms with E-state index in [1.54, 1.807) is 24.4 Å². The third-order valence-electron chi connectivity index (χ3n) is 5.28. The number of aromatic nitrogens is 1. The monoisotopic (exact) mass is 455 g/mol. The molecule has 160 valence electrons. The Balaban J connectivity index is 1.28. The van der Waals surface area contributed by atoms with Gasteiger partial charge in [0, 0.05) is 55.7 Å². The first-order valence-electron chi connectivity index (χ1n) is 10.2. The summed E-state index contributed by atoms with van der Waals surface area (Å²) in [5, 5.41) is 1.04. The van der Waals surface area contributed by atoms with Crippen LogP contribution in [0.5, 0.6) is 5.75 Å². The number of hydrogen-bond acceptors (Lipinski definition) is 4. The Morgan fingerprint density at radius 1 is 0.968 bits per heavy atom. The maximum absolute atomic E-state index is 12.9. The number of piperazine rings is 1. The Morgan fingerprint density at radius 2 is 1.74 bits per heavy atom. The summed E-state index contributed by atoms with van der Waals surface area (Å²) < 4.78 is 5.76. The zero-order valence-electron chi connectivity index (χ0n) is 17.0. The molecule has 0 atom stereocenters. The van der Waals surface area contributed by atoms with Gasteiger partial charge in [-0.2, -0.15) is 0 Å². The standard InChI is InChI=1S/C24H23Cl2N3O2/c25-21-7-8-23(22(26)14-21)31-17-18-3-5-20(6-4-18)24(30)29-12-10-28(11-13-29)16-19-2-1-9-27-15-19/h1-9,14-15H,10-13,16-17H2. The van der Waals surface area contributed by atoms with Gasteiger partial charge >= 0.3 is 0 Å². The van der Waals surface area contributed by atoms with Crippen molar-refractivity contribution in [3.8, 4) is 5.75 Å². The van der Waals surface area contributed by atoms with E-state index in [1.165, 1.54) is 5.56 Å². The number of carbonyl (C=O) groups is 1. The molecule has 1 amide bonds. The fourth-order valence-electron chi connectivity index (χ4n) is 3.54. The number of ether oxygens (including phenoxy) is 1. The summed E-state index contributed by atoms with van der Waals surface area (Å²) in [6.07, 6.45) is 3.67. The van der Waals surface area contributed by atoms with Gasteiger partial charge in [-0.05, 0) is 47.5 Å². The Kier molecular flexibility index (Phi) is 7.07. The van der Waals surface area contributed by atoms with Crippen LogP contribution in [0.15, 0.2) is 67.0 Å². The molecule has 1 saturated heterocycles. The Hall–Kier alpha value is -2.60. The minimum Gasteiger partial charge on any atom is -0.487 e. The van der Waals surface area contributed by atoms with Crippen molar-refractivity contribution in [2.45, 2.75) is 13.2 Å². The number of halogens is 2. The second kappa shape index (κ2) is 10.1. The zero-order chi connectivity index (χ0) is 21.6. The van der Waals surface area contributed by atoms with Crippen LogP contribution < -0.4 is 4.74 Å². The topological polar surface area (TPSA) is 45.7 Å². The van der Waals surface area contributed by atoms with Crippen molar-refractivity contribution in [1.29, 1.82) is 0 Å². The van der Waals surface area contributed by atoms with E-state index in [1.807, 2.05) is 41.4 Å². The lowest BCUT2D eigenvalue weighted by Gasteiger charge is -2.34. The molecule has 3 aromatic rings. The van der Waals surface area contributed by atoms with Gasteiger partial charge in [-0.25, -0.2) is 0 Å². The van der Waals surface area contributed by atoms with E-state index in [9.17, 15) is 4.79 Å². The number of hydrogen-bond donors (Lipinski definition) is 0. The SMILES string of the molecule is O=C(c1ccc(COc2ccc(Cl)cc2Cl)cc1)N1CCN(Cc2cccnc2)CC1. The average molecular weight is 456 g/mol. The smallest absolute Gasteiger partial charge is 0.253 e. The van der Waals surface area contributed by atoms with Crippen molar-refractivity contribution in [1.82, 2.24) is 14.8 Å². The van der Waals surface area contributed by atoms with Gasteiger partial charge in [0.1, 0.15) is 12.4 Å². The van der Waals surface area contributed by atoms with E-state index in [-0.39, 0.29) is 5.91 Å². The number of amides is 1. The second-order valence-corrected chi connectivity index (χ2v) is 8.33. The van der Waals surface area contributed by atoms with E-state index < -0.39 is 0 Å². The number of rotatable bonds is 6.